The van der Waals surface area contributed by atoms with Crippen molar-refractivity contribution in [3.8, 4) is 0 Å². The first-order chi connectivity index (χ1) is 4.57. The van der Waals surface area contributed by atoms with Gasteiger partial charge in [-0.15, -0.1) is 0 Å². The van der Waals surface area contributed by atoms with Crippen LogP contribution in [0.5, 0.6) is 0 Å². The molecule has 0 bridgehead atoms. The summed E-state index contributed by atoms with van der Waals surface area (Å²) in [4.78, 5) is 10.7. The van der Waals surface area contributed by atoms with Crippen LogP contribution in [0, 0.1) is 0 Å². The van der Waals surface area contributed by atoms with Crippen molar-refractivity contribution in [2.75, 3.05) is 7.11 Å². The summed E-state index contributed by atoms with van der Waals surface area (Å²) in [6.07, 6.45) is 0.493. The highest BCUT2D eigenvalue weighted by atomic mass is 16.5. The van der Waals surface area contributed by atoms with E-state index in [1.165, 1.54) is 7.11 Å². The predicted molar refractivity (Wildman–Crippen MR) is 39.4 cm³/mol. The predicted octanol–water partition coefficient (Wildman–Crippen LogP) is 0.453. The molecule has 0 spiro atoms. The van der Waals surface area contributed by atoms with E-state index in [-0.39, 0.29) is 12.0 Å². The summed E-state index contributed by atoms with van der Waals surface area (Å²) in [5, 5.41) is 0. The fourth-order valence-electron chi connectivity index (χ4n) is 0.616. The number of esters is 1. The highest BCUT2D eigenvalue weighted by Crippen LogP contribution is 2.01. The number of methoxy groups -OCH3 is 1. The molecule has 0 aliphatic heterocycles. The molecule has 3 heteroatoms. The van der Waals surface area contributed by atoms with E-state index in [1.807, 2.05) is 6.92 Å². The first-order valence-electron chi connectivity index (χ1n) is 3.09. The van der Waals surface area contributed by atoms with Gasteiger partial charge in [0.25, 0.3) is 0 Å². The first-order valence-corrected chi connectivity index (χ1v) is 3.09. The molecule has 1 atom stereocenters. The SMILES string of the molecule is C=C(CC(C)N)C(=O)OC. The van der Waals surface area contributed by atoms with E-state index < -0.39 is 0 Å². The number of hydrogen-bond donors (Lipinski definition) is 1. The average molecular weight is 143 g/mol. The molecule has 10 heavy (non-hydrogen) atoms. The zero-order valence-electron chi connectivity index (χ0n) is 6.39. The fraction of sp³-hybridized carbons (Fsp3) is 0.571. The second kappa shape index (κ2) is 4.06. The van der Waals surface area contributed by atoms with Crippen molar-refractivity contribution in [2.24, 2.45) is 5.73 Å². The normalized spacial score (nSPS) is 12.3. The standard InChI is InChI=1S/C7H13NO2/c1-5(4-6(2)8)7(9)10-3/h6H,1,4,8H2,2-3H3. The maximum Gasteiger partial charge on any atom is 0.333 e. The smallest absolute Gasteiger partial charge is 0.333 e. The molecule has 0 saturated carbocycles. The van der Waals surface area contributed by atoms with Crippen molar-refractivity contribution in [3.05, 3.63) is 12.2 Å². The lowest BCUT2D eigenvalue weighted by Crippen LogP contribution is -2.18. The number of nitrogens with two attached hydrogens (primary N) is 1. The molecule has 1 unspecified atom stereocenters. The molecule has 0 aliphatic rings. The Morgan fingerprint density at radius 1 is 1.80 bits per heavy atom. The van der Waals surface area contributed by atoms with Crippen LogP contribution >= 0.6 is 0 Å². The van der Waals surface area contributed by atoms with E-state index in [0.717, 1.165) is 0 Å². The summed E-state index contributed by atoms with van der Waals surface area (Å²) in [6, 6.07) is -0.0356. The Balaban J connectivity index is 3.74. The molecule has 0 aromatic heterocycles. The summed E-state index contributed by atoms with van der Waals surface area (Å²) in [5.41, 5.74) is 5.85. The summed E-state index contributed by atoms with van der Waals surface area (Å²) >= 11 is 0. The largest absolute Gasteiger partial charge is 0.466 e. The molecule has 0 aromatic carbocycles. The zero-order valence-corrected chi connectivity index (χ0v) is 6.39. The van der Waals surface area contributed by atoms with Crippen molar-refractivity contribution >= 4 is 5.97 Å². The van der Waals surface area contributed by atoms with E-state index in [9.17, 15) is 4.79 Å². The van der Waals surface area contributed by atoms with Gasteiger partial charge in [0.15, 0.2) is 0 Å². The van der Waals surface area contributed by atoms with Crippen molar-refractivity contribution in [3.63, 3.8) is 0 Å². The van der Waals surface area contributed by atoms with Crippen LogP contribution in [-0.2, 0) is 9.53 Å². The molecule has 0 heterocycles. The molecular formula is C7H13NO2. The van der Waals surface area contributed by atoms with E-state index in [1.54, 1.807) is 0 Å². The van der Waals surface area contributed by atoms with Gasteiger partial charge in [-0.2, -0.15) is 0 Å². The molecule has 0 aromatic rings. The monoisotopic (exact) mass is 143 g/mol. The van der Waals surface area contributed by atoms with Gasteiger partial charge in [0.2, 0.25) is 0 Å². The van der Waals surface area contributed by atoms with Gasteiger partial charge in [-0.1, -0.05) is 6.58 Å². The second-order valence-electron chi connectivity index (χ2n) is 2.28. The molecule has 0 radical (unpaired) electrons. The Kier molecular flexibility index (Phi) is 3.72. The van der Waals surface area contributed by atoms with Gasteiger partial charge in [0.05, 0.1) is 7.11 Å². The van der Waals surface area contributed by atoms with Gasteiger partial charge >= 0.3 is 5.97 Å². The quantitative estimate of drug-likeness (QED) is 0.461. The Labute approximate surface area is 60.9 Å². The van der Waals surface area contributed by atoms with Gasteiger partial charge < -0.3 is 10.5 Å². The molecule has 2 N–H and O–H groups in total. The topological polar surface area (TPSA) is 52.3 Å². The molecule has 0 fully saturated rings. The molecular weight excluding hydrogens is 130 g/mol. The zero-order chi connectivity index (χ0) is 8.15. The third kappa shape index (κ3) is 3.25. The third-order valence-corrected chi connectivity index (χ3v) is 1.04. The van der Waals surface area contributed by atoms with Crippen molar-refractivity contribution < 1.29 is 9.53 Å². The summed E-state index contributed by atoms with van der Waals surface area (Å²) in [7, 11) is 1.33. The summed E-state index contributed by atoms with van der Waals surface area (Å²) in [5.74, 6) is -0.378. The molecule has 0 aliphatic carbocycles. The minimum absolute atomic E-state index is 0.0356. The lowest BCUT2D eigenvalue weighted by atomic mass is 10.1. The maximum absolute atomic E-state index is 10.7. The van der Waals surface area contributed by atoms with Gasteiger partial charge in [-0.25, -0.2) is 4.79 Å². The first kappa shape index (κ1) is 9.17. The Morgan fingerprint density at radius 2 is 2.30 bits per heavy atom. The number of hydrogen-bond acceptors (Lipinski definition) is 3. The van der Waals surface area contributed by atoms with Gasteiger partial charge in [0.1, 0.15) is 0 Å². The number of ether oxygens (including phenoxy) is 1. The summed E-state index contributed by atoms with van der Waals surface area (Å²) in [6.45, 7) is 5.32. The van der Waals surface area contributed by atoms with E-state index in [4.69, 9.17) is 5.73 Å². The molecule has 3 nitrogen and oxygen atoms in total. The van der Waals surface area contributed by atoms with Crippen molar-refractivity contribution in [1.82, 2.24) is 0 Å². The van der Waals surface area contributed by atoms with Crippen LogP contribution in [0.4, 0.5) is 0 Å². The summed E-state index contributed by atoms with van der Waals surface area (Å²) < 4.78 is 4.42. The highest BCUT2D eigenvalue weighted by molar-refractivity contribution is 5.87. The lowest BCUT2D eigenvalue weighted by molar-refractivity contribution is -0.136. The minimum Gasteiger partial charge on any atom is -0.466 e. The molecule has 58 valence electrons. The van der Waals surface area contributed by atoms with Crippen molar-refractivity contribution in [2.45, 2.75) is 19.4 Å². The maximum atomic E-state index is 10.7. The van der Waals surface area contributed by atoms with Crippen LogP contribution in [0.1, 0.15) is 13.3 Å². The Bertz CT molecular complexity index is 141. The van der Waals surface area contributed by atoms with Gasteiger partial charge in [0, 0.05) is 11.6 Å². The fourth-order valence-corrected chi connectivity index (χ4v) is 0.616. The van der Waals surface area contributed by atoms with E-state index in [0.29, 0.717) is 12.0 Å². The van der Waals surface area contributed by atoms with E-state index >= 15 is 0 Å². The minimum atomic E-state index is -0.378. The number of rotatable bonds is 3. The van der Waals surface area contributed by atoms with Gasteiger partial charge in [-0.3, -0.25) is 0 Å². The van der Waals surface area contributed by atoms with Crippen LogP contribution in [0.3, 0.4) is 0 Å². The van der Waals surface area contributed by atoms with Crippen molar-refractivity contribution in [1.29, 1.82) is 0 Å². The third-order valence-electron chi connectivity index (χ3n) is 1.04. The second-order valence-corrected chi connectivity index (χ2v) is 2.28. The molecule has 0 amide bonds. The van der Waals surface area contributed by atoms with Gasteiger partial charge in [-0.05, 0) is 13.3 Å². The van der Waals surface area contributed by atoms with Crippen LogP contribution in [-0.4, -0.2) is 19.1 Å². The average Bonchev–Trinajstić information content (AvgIpc) is 1.85. The molecule has 0 saturated heterocycles. The Hall–Kier alpha value is -0.830. The molecule has 0 rings (SSSR count). The van der Waals surface area contributed by atoms with Crippen LogP contribution in [0.25, 0.3) is 0 Å². The van der Waals surface area contributed by atoms with Crippen LogP contribution in [0.15, 0.2) is 12.2 Å². The number of carbonyl (C=O) groups excluding carboxylic acids is 1. The van der Waals surface area contributed by atoms with Crippen LogP contribution in [0.2, 0.25) is 0 Å². The van der Waals surface area contributed by atoms with E-state index in [2.05, 4.69) is 11.3 Å². The number of carbonyl (C=O) groups is 1. The van der Waals surface area contributed by atoms with Crippen LogP contribution < -0.4 is 5.73 Å². The lowest BCUT2D eigenvalue weighted by Gasteiger charge is -2.05. The Morgan fingerprint density at radius 3 is 2.60 bits per heavy atom. The highest BCUT2D eigenvalue weighted by Gasteiger charge is 2.07.